The summed E-state index contributed by atoms with van der Waals surface area (Å²) >= 11 is 0. The third-order valence-electron chi connectivity index (χ3n) is 7.99. The third-order valence-corrected chi connectivity index (χ3v) is 7.99. The highest BCUT2D eigenvalue weighted by atomic mass is 14.2. The summed E-state index contributed by atoms with van der Waals surface area (Å²) in [5.41, 5.74) is 7.57. The van der Waals surface area contributed by atoms with Gasteiger partial charge in [-0.15, -0.1) is 0 Å². The Morgan fingerprint density at radius 2 is 0.868 bits per heavy atom. The van der Waals surface area contributed by atoms with Crippen molar-refractivity contribution in [3.05, 3.63) is 146 Å². The summed E-state index contributed by atoms with van der Waals surface area (Å²) in [6.45, 7) is 0. The van der Waals surface area contributed by atoms with E-state index >= 15 is 0 Å². The van der Waals surface area contributed by atoms with Crippen LogP contribution in [0.15, 0.2) is 146 Å². The van der Waals surface area contributed by atoms with Crippen LogP contribution in [0.5, 0.6) is 0 Å². The maximum Gasteiger partial charge on any atom is -0.00141 e. The Balaban J connectivity index is 1.60. The number of benzene rings is 8. The van der Waals surface area contributed by atoms with Gasteiger partial charge in [0.25, 0.3) is 0 Å². The predicted octanol–water partition coefficient (Wildman–Crippen LogP) is 10.7. The number of fused-ring (bicyclic) bond motifs is 2. The first-order valence-corrected chi connectivity index (χ1v) is 13.2. The summed E-state index contributed by atoms with van der Waals surface area (Å²) in [6.07, 6.45) is 0. The zero-order valence-electron chi connectivity index (χ0n) is 20.9. The van der Waals surface area contributed by atoms with Crippen molar-refractivity contribution in [3.8, 4) is 33.4 Å². The van der Waals surface area contributed by atoms with E-state index < -0.39 is 0 Å². The van der Waals surface area contributed by atoms with Crippen molar-refractivity contribution in [1.29, 1.82) is 0 Å². The molecule has 0 nitrogen and oxygen atoms in total. The van der Waals surface area contributed by atoms with Gasteiger partial charge in [-0.2, -0.15) is 0 Å². The maximum atomic E-state index is 2.41. The van der Waals surface area contributed by atoms with E-state index in [2.05, 4.69) is 146 Å². The molecular formula is C38H24. The molecule has 0 heteroatoms. The Kier molecular flexibility index (Phi) is 4.62. The van der Waals surface area contributed by atoms with Crippen LogP contribution in [-0.4, -0.2) is 0 Å². The smallest absolute Gasteiger partial charge is 0.00141 e. The van der Waals surface area contributed by atoms with Gasteiger partial charge in [0.1, 0.15) is 0 Å². The second kappa shape index (κ2) is 8.30. The first-order chi connectivity index (χ1) is 18.9. The molecule has 0 aliphatic rings. The fourth-order valence-corrected chi connectivity index (χ4v) is 6.32. The van der Waals surface area contributed by atoms with Gasteiger partial charge in [-0.1, -0.05) is 133 Å². The van der Waals surface area contributed by atoms with Crippen LogP contribution in [0.1, 0.15) is 0 Å². The normalized spacial score (nSPS) is 11.7. The Hall–Kier alpha value is -4.94. The highest BCUT2D eigenvalue weighted by Crippen LogP contribution is 2.47. The van der Waals surface area contributed by atoms with Gasteiger partial charge in [0, 0.05) is 0 Å². The SMILES string of the molecule is c1ccc(-c2cc3ccc(-c4ccccc4)c4c5ccc(-c6ccccc6)c6cccc(c(c2)c34)c65)cc1. The van der Waals surface area contributed by atoms with Gasteiger partial charge in [-0.05, 0) is 88.6 Å². The lowest BCUT2D eigenvalue weighted by Gasteiger charge is -2.20. The molecule has 176 valence electrons. The van der Waals surface area contributed by atoms with E-state index in [1.165, 1.54) is 76.5 Å². The van der Waals surface area contributed by atoms with Crippen LogP contribution >= 0.6 is 0 Å². The Morgan fingerprint density at radius 1 is 0.263 bits per heavy atom. The average molecular weight is 481 g/mol. The van der Waals surface area contributed by atoms with E-state index in [0.29, 0.717) is 0 Å². The third kappa shape index (κ3) is 3.11. The van der Waals surface area contributed by atoms with Crippen LogP contribution < -0.4 is 0 Å². The van der Waals surface area contributed by atoms with E-state index in [0.717, 1.165) is 0 Å². The number of rotatable bonds is 3. The Labute approximate surface area is 221 Å². The molecule has 8 aromatic carbocycles. The maximum absolute atomic E-state index is 2.41. The fraction of sp³-hybridized carbons (Fsp3) is 0. The van der Waals surface area contributed by atoms with Crippen LogP contribution in [0.25, 0.3) is 76.5 Å². The second-order valence-electron chi connectivity index (χ2n) is 10.1. The van der Waals surface area contributed by atoms with E-state index in [-0.39, 0.29) is 0 Å². The molecule has 0 bridgehead atoms. The predicted molar refractivity (Wildman–Crippen MR) is 164 cm³/mol. The molecular weight excluding hydrogens is 456 g/mol. The quantitative estimate of drug-likeness (QED) is 0.174. The number of hydrogen-bond donors (Lipinski definition) is 0. The molecule has 8 rings (SSSR count). The van der Waals surface area contributed by atoms with Crippen molar-refractivity contribution in [1.82, 2.24) is 0 Å². The van der Waals surface area contributed by atoms with Crippen LogP contribution in [0.4, 0.5) is 0 Å². The summed E-state index contributed by atoms with van der Waals surface area (Å²) in [7, 11) is 0. The second-order valence-corrected chi connectivity index (χ2v) is 10.1. The van der Waals surface area contributed by atoms with Crippen molar-refractivity contribution >= 4 is 43.1 Å². The molecule has 0 fully saturated rings. The standard InChI is InChI=1S/C38H24/c1-4-11-25(12-5-1)29-23-28-19-20-31(27-15-8-3-9-16-27)38-34-22-21-30(26-13-6-2-7-14-26)32-17-10-18-33(37(32)34)35(24-29)36(28)38/h1-24H. The van der Waals surface area contributed by atoms with Crippen LogP contribution in [0.3, 0.4) is 0 Å². The van der Waals surface area contributed by atoms with Crippen LogP contribution in [-0.2, 0) is 0 Å². The molecule has 0 unspecified atom stereocenters. The van der Waals surface area contributed by atoms with Crippen molar-refractivity contribution in [2.45, 2.75) is 0 Å². The Bertz CT molecular complexity index is 2090. The fourth-order valence-electron chi connectivity index (χ4n) is 6.32. The summed E-state index contributed by atoms with van der Waals surface area (Å²) in [4.78, 5) is 0. The molecule has 0 saturated carbocycles. The van der Waals surface area contributed by atoms with E-state index in [1.807, 2.05) is 0 Å². The largest absolute Gasteiger partial charge is 0.0622 e. The molecule has 0 radical (unpaired) electrons. The van der Waals surface area contributed by atoms with Gasteiger partial charge in [0.15, 0.2) is 0 Å². The molecule has 8 aromatic rings. The molecule has 38 heavy (non-hydrogen) atoms. The molecule has 0 heterocycles. The number of hydrogen-bond acceptors (Lipinski definition) is 0. The topological polar surface area (TPSA) is 0 Å². The van der Waals surface area contributed by atoms with Crippen molar-refractivity contribution in [3.63, 3.8) is 0 Å². The van der Waals surface area contributed by atoms with E-state index in [9.17, 15) is 0 Å². The molecule has 0 aliphatic carbocycles. The lowest BCUT2D eigenvalue weighted by molar-refractivity contribution is 1.65. The summed E-state index contributed by atoms with van der Waals surface area (Å²) in [6, 6.07) is 53.2. The molecule has 0 N–H and O–H groups in total. The molecule has 0 saturated heterocycles. The van der Waals surface area contributed by atoms with Gasteiger partial charge in [0.2, 0.25) is 0 Å². The van der Waals surface area contributed by atoms with Crippen molar-refractivity contribution < 1.29 is 0 Å². The Morgan fingerprint density at radius 3 is 1.58 bits per heavy atom. The van der Waals surface area contributed by atoms with Crippen molar-refractivity contribution in [2.24, 2.45) is 0 Å². The minimum atomic E-state index is 1.25. The molecule has 0 aliphatic heterocycles. The van der Waals surface area contributed by atoms with Gasteiger partial charge >= 0.3 is 0 Å². The molecule has 0 atom stereocenters. The summed E-state index contributed by atoms with van der Waals surface area (Å²) in [5, 5.41) is 10.6. The lowest BCUT2D eigenvalue weighted by atomic mass is 9.83. The van der Waals surface area contributed by atoms with E-state index in [1.54, 1.807) is 0 Å². The monoisotopic (exact) mass is 480 g/mol. The minimum Gasteiger partial charge on any atom is -0.0622 e. The summed E-state index contributed by atoms with van der Waals surface area (Å²) < 4.78 is 0. The van der Waals surface area contributed by atoms with Gasteiger partial charge in [-0.3, -0.25) is 0 Å². The summed E-state index contributed by atoms with van der Waals surface area (Å²) in [5.74, 6) is 0. The van der Waals surface area contributed by atoms with Gasteiger partial charge in [-0.25, -0.2) is 0 Å². The zero-order valence-corrected chi connectivity index (χ0v) is 20.9. The minimum absolute atomic E-state index is 1.25. The highest BCUT2D eigenvalue weighted by Gasteiger charge is 2.19. The van der Waals surface area contributed by atoms with Crippen molar-refractivity contribution in [2.75, 3.05) is 0 Å². The van der Waals surface area contributed by atoms with Gasteiger partial charge in [0.05, 0.1) is 0 Å². The van der Waals surface area contributed by atoms with Gasteiger partial charge < -0.3 is 0 Å². The van der Waals surface area contributed by atoms with E-state index in [4.69, 9.17) is 0 Å². The lowest BCUT2D eigenvalue weighted by Crippen LogP contribution is -1.92. The van der Waals surface area contributed by atoms with Crippen LogP contribution in [0, 0.1) is 0 Å². The highest BCUT2D eigenvalue weighted by molar-refractivity contribution is 6.36. The average Bonchev–Trinajstić information content (AvgIpc) is 3.00. The molecule has 0 aromatic heterocycles. The molecule has 0 amide bonds. The molecule has 0 spiro atoms. The van der Waals surface area contributed by atoms with Crippen LogP contribution in [0.2, 0.25) is 0 Å². The first kappa shape index (κ1) is 21.2. The first-order valence-electron chi connectivity index (χ1n) is 13.2. The zero-order chi connectivity index (χ0) is 25.1.